The number of hydrogen-bond acceptors (Lipinski definition) is 5. The van der Waals surface area contributed by atoms with Crippen molar-refractivity contribution in [3.05, 3.63) is 93.7 Å². The molecule has 0 saturated carbocycles. The highest BCUT2D eigenvalue weighted by molar-refractivity contribution is 9.10. The Morgan fingerprint density at radius 2 is 1.48 bits per heavy atom. The van der Waals surface area contributed by atoms with Crippen molar-refractivity contribution in [3.8, 4) is 21.7 Å². The topological polar surface area (TPSA) is 64.1 Å². The smallest absolute Gasteiger partial charge is 0.221 e. The van der Waals surface area contributed by atoms with Crippen LogP contribution in [0.3, 0.4) is 0 Å². The van der Waals surface area contributed by atoms with Gasteiger partial charge >= 0.3 is 0 Å². The van der Waals surface area contributed by atoms with Gasteiger partial charge in [-0.1, -0.05) is 28.1 Å². The molecule has 4 rings (SSSR count). The molecule has 0 N–H and O–H groups in total. The molecule has 8 heteroatoms. The van der Waals surface area contributed by atoms with E-state index < -0.39 is 9.84 Å². The van der Waals surface area contributed by atoms with Crippen LogP contribution in [0.5, 0.6) is 0 Å². The second-order valence-corrected chi connectivity index (χ2v) is 10.8. The first kappa shape index (κ1) is 21.5. The Kier molecular flexibility index (Phi) is 5.88. The first-order valence-corrected chi connectivity index (χ1v) is 12.6. The third kappa shape index (κ3) is 4.66. The van der Waals surface area contributed by atoms with E-state index in [0.717, 1.165) is 16.3 Å². The summed E-state index contributed by atoms with van der Waals surface area (Å²) < 4.78 is 37.9. The van der Waals surface area contributed by atoms with E-state index in [1.165, 1.54) is 35.6 Å². The number of sulfone groups is 1. The molecule has 0 aliphatic heterocycles. The Bertz CT molecular complexity index is 1360. The fourth-order valence-corrected chi connectivity index (χ4v) is 4.94. The number of ketones is 1. The maximum Gasteiger partial charge on any atom is 0.221 e. The molecule has 0 saturated heterocycles. The minimum Gasteiger partial charge on any atom is -0.286 e. The monoisotopic (exact) mass is 515 g/mol. The maximum atomic E-state index is 13.4. The van der Waals surface area contributed by atoms with Gasteiger partial charge in [-0.3, -0.25) is 4.79 Å². The molecule has 0 atom stereocenters. The first-order chi connectivity index (χ1) is 14.7. The zero-order valence-corrected chi connectivity index (χ0v) is 19.4. The van der Waals surface area contributed by atoms with E-state index in [9.17, 15) is 17.6 Å². The average Bonchev–Trinajstić information content (AvgIpc) is 3.19. The van der Waals surface area contributed by atoms with Crippen molar-refractivity contribution in [2.75, 3.05) is 6.26 Å². The number of hydrogen-bond donors (Lipinski definition) is 0. The summed E-state index contributed by atoms with van der Waals surface area (Å²) in [6.45, 7) is 0. The molecule has 1 heterocycles. The average molecular weight is 516 g/mol. The lowest BCUT2D eigenvalue weighted by atomic mass is 10.1. The number of aromatic nitrogens is 1. The van der Waals surface area contributed by atoms with Crippen LogP contribution in [-0.2, 0) is 9.84 Å². The summed E-state index contributed by atoms with van der Waals surface area (Å²) in [4.78, 5) is 18.5. The summed E-state index contributed by atoms with van der Waals surface area (Å²) in [5.74, 6) is -0.593. The summed E-state index contributed by atoms with van der Waals surface area (Å²) in [5.41, 5.74) is 2.42. The number of benzene rings is 3. The van der Waals surface area contributed by atoms with Gasteiger partial charge in [-0.15, -0.1) is 11.3 Å². The van der Waals surface area contributed by atoms with Crippen LogP contribution >= 0.6 is 27.3 Å². The first-order valence-electron chi connectivity index (χ1n) is 9.10. The Labute approximate surface area is 191 Å². The van der Waals surface area contributed by atoms with E-state index in [1.807, 2.05) is 0 Å². The molecule has 1 aromatic heterocycles. The van der Waals surface area contributed by atoms with Gasteiger partial charge in [0.05, 0.1) is 15.5 Å². The van der Waals surface area contributed by atoms with Crippen LogP contribution in [0.4, 0.5) is 4.39 Å². The van der Waals surface area contributed by atoms with E-state index in [-0.39, 0.29) is 16.5 Å². The summed E-state index contributed by atoms with van der Waals surface area (Å²) in [5, 5.41) is 0.295. The predicted molar refractivity (Wildman–Crippen MR) is 124 cm³/mol. The molecule has 4 aromatic rings. The van der Waals surface area contributed by atoms with Crippen LogP contribution in [0, 0.1) is 5.82 Å². The largest absolute Gasteiger partial charge is 0.286 e. The summed E-state index contributed by atoms with van der Waals surface area (Å²) in [6, 6.07) is 19.3. The normalized spacial score (nSPS) is 11.5. The van der Waals surface area contributed by atoms with E-state index in [4.69, 9.17) is 0 Å². The molecule has 4 nitrogen and oxygen atoms in total. The van der Waals surface area contributed by atoms with Crippen LogP contribution in [0.1, 0.15) is 15.4 Å². The van der Waals surface area contributed by atoms with Crippen LogP contribution < -0.4 is 0 Å². The molecule has 31 heavy (non-hydrogen) atoms. The minimum atomic E-state index is -3.33. The second kappa shape index (κ2) is 8.45. The molecule has 0 unspecified atom stereocenters. The molecule has 0 amide bonds. The highest BCUT2D eigenvalue weighted by Gasteiger charge is 2.21. The summed E-state index contributed by atoms with van der Waals surface area (Å²) in [7, 11) is -3.33. The van der Waals surface area contributed by atoms with Gasteiger partial charge in [0.2, 0.25) is 5.78 Å². The molecule has 3 aromatic carbocycles. The Hall–Kier alpha value is -2.68. The van der Waals surface area contributed by atoms with E-state index in [1.54, 1.807) is 48.5 Å². The molecule has 0 spiro atoms. The lowest BCUT2D eigenvalue weighted by Crippen LogP contribution is -2.00. The molecular weight excluding hydrogens is 501 g/mol. The quantitative estimate of drug-likeness (QED) is 0.305. The SMILES string of the molecule is CS(=O)(=O)c1ccc(-c2sc(C(=O)c3ccc(Br)cc3)nc2-c2ccc(F)cc2)cc1. The van der Waals surface area contributed by atoms with Crippen molar-refractivity contribution in [1.29, 1.82) is 0 Å². The highest BCUT2D eigenvalue weighted by atomic mass is 79.9. The number of thiazole rings is 1. The molecule has 0 bridgehead atoms. The van der Waals surface area contributed by atoms with Crippen molar-refractivity contribution in [2.24, 2.45) is 0 Å². The third-order valence-corrected chi connectivity index (χ3v) is 7.35. The number of carbonyl (C=O) groups excluding carboxylic acids is 1. The lowest BCUT2D eigenvalue weighted by Gasteiger charge is -2.04. The number of rotatable bonds is 5. The Morgan fingerprint density at radius 3 is 2.06 bits per heavy atom. The van der Waals surface area contributed by atoms with E-state index in [0.29, 0.717) is 26.7 Å². The summed E-state index contributed by atoms with van der Waals surface area (Å²) >= 11 is 4.57. The van der Waals surface area contributed by atoms with Gasteiger partial charge in [0, 0.05) is 21.9 Å². The van der Waals surface area contributed by atoms with Gasteiger partial charge in [0.25, 0.3) is 0 Å². The van der Waals surface area contributed by atoms with Gasteiger partial charge in [-0.2, -0.15) is 0 Å². The maximum absolute atomic E-state index is 13.4. The van der Waals surface area contributed by atoms with Gasteiger partial charge < -0.3 is 0 Å². The number of nitrogens with zero attached hydrogens (tertiary/aromatic N) is 1. The molecule has 156 valence electrons. The van der Waals surface area contributed by atoms with E-state index in [2.05, 4.69) is 20.9 Å². The van der Waals surface area contributed by atoms with Crippen LogP contribution in [-0.4, -0.2) is 25.4 Å². The van der Waals surface area contributed by atoms with Gasteiger partial charge in [0.1, 0.15) is 5.82 Å². The van der Waals surface area contributed by atoms with Gasteiger partial charge in [0.15, 0.2) is 14.8 Å². The molecular formula is C23H15BrFNO3S2. The van der Waals surface area contributed by atoms with Crippen molar-refractivity contribution in [2.45, 2.75) is 4.90 Å². The lowest BCUT2D eigenvalue weighted by molar-refractivity contribution is 0.103. The molecule has 0 aliphatic rings. The number of carbonyl (C=O) groups is 1. The van der Waals surface area contributed by atoms with Crippen molar-refractivity contribution in [1.82, 2.24) is 4.98 Å². The number of halogens is 2. The Morgan fingerprint density at radius 1 is 0.903 bits per heavy atom. The second-order valence-electron chi connectivity index (χ2n) is 6.84. The standard InChI is InChI=1S/C23H15BrFNO3S2/c1-31(28,29)19-12-6-16(7-13-19)22-20(14-4-10-18(25)11-5-14)26-23(30-22)21(27)15-2-8-17(24)9-3-15/h2-13H,1H3. The fourth-order valence-electron chi connectivity index (χ4n) is 2.99. The van der Waals surface area contributed by atoms with E-state index >= 15 is 0 Å². The molecule has 0 aliphatic carbocycles. The van der Waals surface area contributed by atoms with Crippen LogP contribution in [0.15, 0.2) is 82.2 Å². The van der Waals surface area contributed by atoms with Crippen molar-refractivity contribution < 1.29 is 17.6 Å². The molecule has 0 fully saturated rings. The van der Waals surface area contributed by atoms with Gasteiger partial charge in [-0.05, 0) is 66.2 Å². The zero-order chi connectivity index (χ0) is 22.2. The molecule has 0 radical (unpaired) electrons. The predicted octanol–water partition coefficient (Wildman–Crippen LogP) is 6.01. The van der Waals surface area contributed by atoms with Gasteiger partial charge in [-0.25, -0.2) is 17.8 Å². The summed E-state index contributed by atoms with van der Waals surface area (Å²) in [6.07, 6.45) is 1.15. The van der Waals surface area contributed by atoms with Crippen LogP contribution in [0.25, 0.3) is 21.7 Å². The van der Waals surface area contributed by atoms with Crippen molar-refractivity contribution >= 4 is 42.9 Å². The fraction of sp³-hybridized carbons (Fsp3) is 0.0435. The highest BCUT2D eigenvalue weighted by Crippen LogP contribution is 2.38. The van der Waals surface area contributed by atoms with Crippen molar-refractivity contribution in [3.63, 3.8) is 0 Å². The third-order valence-electron chi connectivity index (χ3n) is 4.59. The van der Waals surface area contributed by atoms with Crippen LogP contribution in [0.2, 0.25) is 0 Å². The zero-order valence-electron chi connectivity index (χ0n) is 16.2. The minimum absolute atomic E-state index is 0.204. The Balaban J connectivity index is 1.83.